The van der Waals surface area contributed by atoms with Gasteiger partial charge in [-0.1, -0.05) is 48.5 Å². The first-order chi connectivity index (χ1) is 16.0. The minimum atomic E-state index is -0.840. The number of benzene rings is 2. The molecule has 1 heterocycles. The fourth-order valence-electron chi connectivity index (χ4n) is 4.53. The van der Waals surface area contributed by atoms with Crippen molar-refractivity contribution >= 4 is 29.7 Å². The molecule has 2 N–H and O–H groups in total. The molecule has 33 heavy (non-hydrogen) atoms. The van der Waals surface area contributed by atoms with Gasteiger partial charge in [0.15, 0.2) is 0 Å². The van der Waals surface area contributed by atoms with E-state index in [0.29, 0.717) is 25.3 Å². The Balaban J connectivity index is 1.17. The summed E-state index contributed by atoms with van der Waals surface area (Å²) in [6.07, 6.45) is 0.872. The van der Waals surface area contributed by atoms with Crippen LogP contribution in [0.25, 0.3) is 11.1 Å². The lowest BCUT2D eigenvalue weighted by Gasteiger charge is -2.30. The van der Waals surface area contributed by atoms with Crippen LogP contribution in [0.3, 0.4) is 0 Å². The number of carbonyl (C=O) groups is 3. The normalized spacial score (nSPS) is 17.2. The molecule has 1 atom stereocenters. The van der Waals surface area contributed by atoms with Crippen LogP contribution in [0.5, 0.6) is 0 Å². The Morgan fingerprint density at radius 3 is 2.39 bits per heavy atom. The van der Waals surface area contributed by atoms with Crippen molar-refractivity contribution in [3.8, 4) is 11.1 Å². The summed E-state index contributed by atoms with van der Waals surface area (Å²) in [5.41, 5.74) is 4.71. The zero-order valence-electron chi connectivity index (χ0n) is 18.4. The van der Waals surface area contributed by atoms with Crippen molar-refractivity contribution in [2.75, 3.05) is 37.7 Å². The second kappa shape index (κ2) is 10.7. The number of likely N-dealkylation sites (tertiary alicyclic amines) is 1. The number of nitrogens with one attached hydrogen (secondary N) is 1. The highest BCUT2D eigenvalue weighted by Gasteiger charge is 2.29. The van der Waals surface area contributed by atoms with Gasteiger partial charge in [0.05, 0.1) is 11.7 Å². The molecule has 2 amide bonds. The van der Waals surface area contributed by atoms with Crippen LogP contribution >= 0.6 is 11.8 Å². The molecule has 0 saturated carbocycles. The zero-order valence-corrected chi connectivity index (χ0v) is 19.2. The molecule has 1 aliphatic carbocycles. The number of amides is 2. The Bertz CT molecular complexity index is 982. The maximum Gasteiger partial charge on any atom is 0.407 e. The van der Waals surface area contributed by atoms with E-state index in [-0.39, 0.29) is 30.7 Å². The van der Waals surface area contributed by atoms with Gasteiger partial charge >= 0.3 is 12.1 Å². The largest absolute Gasteiger partial charge is 0.481 e. The lowest BCUT2D eigenvalue weighted by Crippen LogP contribution is -2.43. The van der Waals surface area contributed by atoms with Gasteiger partial charge in [0, 0.05) is 31.3 Å². The third-order valence-electron chi connectivity index (χ3n) is 6.21. The number of fused-ring (bicyclic) bond motifs is 3. The van der Waals surface area contributed by atoms with Crippen LogP contribution in [0.2, 0.25) is 0 Å². The molecule has 2 aromatic rings. The van der Waals surface area contributed by atoms with E-state index in [4.69, 9.17) is 9.84 Å². The topological polar surface area (TPSA) is 95.9 Å². The molecule has 2 aromatic carbocycles. The second-order valence-corrected chi connectivity index (χ2v) is 9.43. The molecule has 1 fully saturated rings. The van der Waals surface area contributed by atoms with Gasteiger partial charge in [0.25, 0.3) is 0 Å². The number of alkyl carbamates (subject to hydrolysis) is 1. The number of hydrogen-bond donors (Lipinski definition) is 2. The Kier molecular flexibility index (Phi) is 7.54. The number of hydrogen-bond acceptors (Lipinski definition) is 5. The van der Waals surface area contributed by atoms with E-state index < -0.39 is 18.0 Å². The Labute approximate surface area is 197 Å². The Hall–Kier alpha value is -3.00. The summed E-state index contributed by atoms with van der Waals surface area (Å²) in [7, 11) is 0. The summed E-state index contributed by atoms with van der Waals surface area (Å²) in [5.74, 6) is -0.484. The first-order valence-corrected chi connectivity index (χ1v) is 12.4. The van der Waals surface area contributed by atoms with E-state index in [1.807, 2.05) is 24.3 Å². The number of piperidine rings is 1. The maximum absolute atomic E-state index is 12.3. The number of carboxylic acid groups (broad SMARTS) is 1. The third kappa shape index (κ3) is 5.50. The predicted molar refractivity (Wildman–Crippen MR) is 127 cm³/mol. The van der Waals surface area contributed by atoms with Crippen molar-refractivity contribution in [3.05, 3.63) is 59.7 Å². The monoisotopic (exact) mass is 468 g/mol. The van der Waals surface area contributed by atoms with Crippen LogP contribution in [-0.4, -0.2) is 65.7 Å². The molecule has 0 radical (unpaired) electrons. The zero-order chi connectivity index (χ0) is 23.2. The summed E-state index contributed by atoms with van der Waals surface area (Å²) in [4.78, 5) is 37.3. The number of aliphatic carboxylic acids is 1. The van der Waals surface area contributed by atoms with Crippen molar-refractivity contribution in [2.24, 2.45) is 5.92 Å². The van der Waals surface area contributed by atoms with E-state index in [2.05, 4.69) is 29.6 Å². The van der Waals surface area contributed by atoms with Gasteiger partial charge in [-0.3, -0.25) is 9.59 Å². The lowest BCUT2D eigenvalue weighted by molar-refractivity contribution is -0.145. The van der Waals surface area contributed by atoms with Crippen molar-refractivity contribution in [1.29, 1.82) is 0 Å². The highest BCUT2D eigenvalue weighted by atomic mass is 32.2. The molecule has 0 unspecified atom stereocenters. The average molecular weight is 469 g/mol. The molecule has 1 saturated heterocycles. The number of thioether (sulfide) groups is 1. The molecule has 0 bridgehead atoms. The molecule has 8 heteroatoms. The number of ether oxygens (including phenoxy) is 1. The molecule has 2 aliphatic rings. The summed E-state index contributed by atoms with van der Waals surface area (Å²) >= 11 is 1.42. The van der Waals surface area contributed by atoms with Crippen LogP contribution in [0.4, 0.5) is 4.79 Å². The van der Waals surface area contributed by atoms with E-state index in [0.717, 1.165) is 6.42 Å². The lowest BCUT2D eigenvalue weighted by atomic mass is 9.98. The highest BCUT2D eigenvalue weighted by Crippen LogP contribution is 2.44. The minimum Gasteiger partial charge on any atom is -0.481 e. The number of nitrogens with zero attached hydrogens (tertiary/aromatic N) is 1. The van der Waals surface area contributed by atoms with Gasteiger partial charge in [0.2, 0.25) is 5.91 Å². The van der Waals surface area contributed by atoms with Gasteiger partial charge in [-0.25, -0.2) is 4.79 Å². The number of carbonyl (C=O) groups excluding carboxylic acids is 2. The van der Waals surface area contributed by atoms with Gasteiger partial charge in [-0.05, 0) is 35.1 Å². The van der Waals surface area contributed by atoms with Crippen molar-refractivity contribution in [2.45, 2.75) is 18.8 Å². The molecule has 4 rings (SSSR count). The van der Waals surface area contributed by atoms with E-state index in [1.54, 1.807) is 4.90 Å². The predicted octanol–water partition coefficient (Wildman–Crippen LogP) is 3.58. The average Bonchev–Trinajstić information content (AvgIpc) is 3.16. The first kappa shape index (κ1) is 23.2. The van der Waals surface area contributed by atoms with Crippen molar-refractivity contribution < 1.29 is 24.2 Å². The van der Waals surface area contributed by atoms with Crippen LogP contribution in [0, 0.1) is 5.92 Å². The summed E-state index contributed by atoms with van der Waals surface area (Å²) in [5, 5.41) is 11.9. The van der Waals surface area contributed by atoms with Crippen LogP contribution in [-0.2, 0) is 14.3 Å². The molecule has 7 nitrogen and oxygen atoms in total. The molecular weight excluding hydrogens is 440 g/mol. The summed E-state index contributed by atoms with van der Waals surface area (Å²) in [6.45, 7) is 1.56. The van der Waals surface area contributed by atoms with Gasteiger partial charge in [0.1, 0.15) is 6.61 Å². The smallest absolute Gasteiger partial charge is 0.407 e. The van der Waals surface area contributed by atoms with E-state index in [1.165, 1.54) is 34.0 Å². The van der Waals surface area contributed by atoms with Gasteiger partial charge in [-0.15, -0.1) is 0 Å². The third-order valence-corrected chi connectivity index (χ3v) is 7.15. The number of rotatable bonds is 8. The summed E-state index contributed by atoms with van der Waals surface area (Å²) < 4.78 is 5.51. The van der Waals surface area contributed by atoms with Crippen LogP contribution in [0.15, 0.2) is 48.5 Å². The Morgan fingerprint density at radius 1 is 1.06 bits per heavy atom. The van der Waals surface area contributed by atoms with Gasteiger partial charge in [-0.2, -0.15) is 11.8 Å². The fraction of sp³-hybridized carbons (Fsp3) is 0.400. The standard InChI is InChI=1S/C25H28N2O5S/c28-23(27-12-5-6-17(14-27)24(29)30)16-33-13-11-26-25(31)32-15-22-20-9-3-1-7-18(20)19-8-2-4-10-21(19)22/h1-4,7-10,17,22H,5-6,11-16H2,(H,26,31)(H,29,30)/t17-/m0/s1. The Morgan fingerprint density at radius 2 is 1.73 bits per heavy atom. The van der Waals surface area contributed by atoms with Gasteiger partial charge < -0.3 is 20.1 Å². The molecule has 174 valence electrons. The SMILES string of the molecule is O=C(NCCSCC(=O)N1CCC[C@H](C(=O)O)C1)OCC1c2ccccc2-c2ccccc21. The van der Waals surface area contributed by atoms with Crippen LogP contribution in [0.1, 0.15) is 29.9 Å². The number of carboxylic acids is 1. The van der Waals surface area contributed by atoms with Crippen molar-refractivity contribution in [3.63, 3.8) is 0 Å². The molecular formula is C25H28N2O5S. The molecule has 0 spiro atoms. The van der Waals surface area contributed by atoms with E-state index in [9.17, 15) is 14.4 Å². The first-order valence-electron chi connectivity index (χ1n) is 11.2. The maximum atomic E-state index is 12.3. The quantitative estimate of drug-likeness (QED) is 0.575. The molecule has 1 aliphatic heterocycles. The minimum absolute atomic E-state index is 0.0225. The second-order valence-electron chi connectivity index (χ2n) is 8.32. The van der Waals surface area contributed by atoms with Crippen molar-refractivity contribution in [1.82, 2.24) is 10.2 Å². The summed E-state index contributed by atoms with van der Waals surface area (Å²) in [6, 6.07) is 16.4. The van der Waals surface area contributed by atoms with Crippen LogP contribution < -0.4 is 5.32 Å². The molecule has 0 aromatic heterocycles. The fourth-order valence-corrected chi connectivity index (χ4v) is 5.28. The van der Waals surface area contributed by atoms with E-state index >= 15 is 0 Å². The highest BCUT2D eigenvalue weighted by molar-refractivity contribution is 7.99.